The van der Waals surface area contributed by atoms with E-state index in [1.54, 1.807) is 13.2 Å². The molecule has 0 bridgehead atoms. The van der Waals surface area contributed by atoms with Crippen LogP contribution in [0.25, 0.3) is 11.3 Å². The Hall–Kier alpha value is -3.08. The van der Waals surface area contributed by atoms with Crippen LogP contribution in [0.2, 0.25) is 0 Å². The molecule has 25 heavy (non-hydrogen) atoms. The zero-order valence-electron chi connectivity index (χ0n) is 14.0. The number of aryl methyl sites for hydroxylation is 1. The van der Waals surface area contributed by atoms with Gasteiger partial charge in [-0.15, -0.1) is 0 Å². The summed E-state index contributed by atoms with van der Waals surface area (Å²) >= 11 is 0. The van der Waals surface area contributed by atoms with Gasteiger partial charge in [-0.1, -0.05) is 47.6 Å². The van der Waals surface area contributed by atoms with E-state index in [9.17, 15) is 4.79 Å². The van der Waals surface area contributed by atoms with Gasteiger partial charge in [-0.05, 0) is 24.1 Å². The van der Waals surface area contributed by atoms with Crippen LogP contribution < -0.4 is 4.74 Å². The second-order valence-electron chi connectivity index (χ2n) is 5.56. The fourth-order valence-electron chi connectivity index (χ4n) is 2.38. The quantitative estimate of drug-likeness (QED) is 0.609. The van der Waals surface area contributed by atoms with Gasteiger partial charge in [0.05, 0.1) is 7.11 Å². The minimum absolute atomic E-state index is 0.109. The van der Waals surface area contributed by atoms with Gasteiger partial charge in [-0.25, -0.2) is 0 Å². The average Bonchev–Trinajstić information content (AvgIpc) is 3.15. The molecule has 0 atom stereocenters. The Labute approximate surface area is 146 Å². The van der Waals surface area contributed by atoms with Crippen LogP contribution in [0.5, 0.6) is 5.75 Å². The topological polar surface area (TPSA) is 61.6 Å². The molecule has 128 valence electrons. The van der Waals surface area contributed by atoms with Gasteiger partial charge in [0.1, 0.15) is 18.1 Å². The predicted octanol–water partition coefficient (Wildman–Crippen LogP) is 4.03. The molecule has 0 unspecified atom stereocenters. The first-order valence-corrected chi connectivity index (χ1v) is 8.04. The molecular weight excluding hydrogens is 318 g/mol. The largest absolute Gasteiger partial charge is 0.497 e. The van der Waals surface area contributed by atoms with Crippen LogP contribution in [0, 0.1) is 0 Å². The Kier molecular flexibility index (Phi) is 5.46. The summed E-state index contributed by atoms with van der Waals surface area (Å²) in [7, 11) is 1.62. The van der Waals surface area contributed by atoms with Crippen molar-refractivity contribution in [2.75, 3.05) is 7.11 Å². The third kappa shape index (κ3) is 4.70. The van der Waals surface area contributed by atoms with Gasteiger partial charge in [0.15, 0.2) is 5.76 Å². The predicted molar refractivity (Wildman–Crippen MR) is 93.1 cm³/mol. The minimum Gasteiger partial charge on any atom is -0.497 e. The maximum absolute atomic E-state index is 11.9. The molecule has 1 aromatic heterocycles. The summed E-state index contributed by atoms with van der Waals surface area (Å²) < 4.78 is 15.6. The summed E-state index contributed by atoms with van der Waals surface area (Å²) in [5.41, 5.74) is 2.59. The van der Waals surface area contributed by atoms with E-state index in [0.29, 0.717) is 24.3 Å². The standard InChI is InChI=1S/C20H19NO4/c1-23-18-10-7-15(8-11-18)9-12-20(22)24-14-17-13-19(25-21-17)16-5-3-2-4-6-16/h2-8,10-11,13H,9,12,14H2,1H3. The molecule has 1 heterocycles. The molecule has 5 nitrogen and oxygen atoms in total. The number of aromatic nitrogens is 1. The Bertz CT molecular complexity index is 809. The Balaban J connectivity index is 1.46. The SMILES string of the molecule is COc1ccc(CCC(=O)OCc2cc(-c3ccccc3)on2)cc1. The number of hydrogen-bond acceptors (Lipinski definition) is 5. The lowest BCUT2D eigenvalue weighted by atomic mass is 10.1. The van der Waals surface area contributed by atoms with Crippen molar-refractivity contribution < 1.29 is 18.8 Å². The normalized spacial score (nSPS) is 10.4. The summed E-state index contributed by atoms with van der Waals surface area (Å²) in [4.78, 5) is 11.9. The van der Waals surface area contributed by atoms with Crippen LogP contribution in [0.1, 0.15) is 17.7 Å². The molecular formula is C20H19NO4. The molecule has 3 aromatic rings. The Morgan fingerprint density at radius 2 is 1.84 bits per heavy atom. The average molecular weight is 337 g/mol. The fraction of sp³-hybridized carbons (Fsp3) is 0.200. The third-order valence-corrected chi connectivity index (χ3v) is 3.78. The zero-order chi connectivity index (χ0) is 17.5. The van der Waals surface area contributed by atoms with Gasteiger partial charge in [0.25, 0.3) is 0 Å². The molecule has 0 saturated heterocycles. The van der Waals surface area contributed by atoms with Gasteiger partial charge >= 0.3 is 5.97 Å². The maximum atomic E-state index is 11.9. The summed E-state index contributed by atoms with van der Waals surface area (Å²) in [6, 6.07) is 19.1. The van der Waals surface area contributed by atoms with E-state index < -0.39 is 0 Å². The van der Waals surface area contributed by atoms with Crippen molar-refractivity contribution in [3.63, 3.8) is 0 Å². The molecule has 0 radical (unpaired) electrons. The van der Waals surface area contributed by atoms with Crippen LogP contribution in [-0.4, -0.2) is 18.2 Å². The van der Waals surface area contributed by atoms with Crippen molar-refractivity contribution in [2.24, 2.45) is 0 Å². The van der Waals surface area contributed by atoms with E-state index in [0.717, 1.165) is 16.9 Å². The minimum atomic E-state index is -0.264. The van der Waals surface area contributed by atoms with E-state index in [2.05, 4.69) is 5.16 Å². The number of esters is 1. The summed E-state index contributed by atoms with van der Waals surface area (Å²) in [6.45, 7) is 0.109. The molecule has 0 aliphatic heterocycles. The third-order valence-electron chi connectivity index (χ3n) is 3.78. The van der Waals surface area contributed by atoms with Crippen LogP contribution >= 0.6 is 0 Å². The maximum Gasteiger partial charge on any atom is 0.306 e. The first-order chi connectivity index (χ1) is 12.2. The van der Waals surface area contributed by atoms with Crippen LogP contribution in [0.15, 0.2) is 65.2 Å². The summed E-state index contributed by atoms with van der Waals surface area (Å²) in [5, 5.41) is 3.94. The molecule has 0 saturated carbocycles. The van der Waals surface area contributed by atoms with Crippen LogP contribution in [0.4, 0.5) is 0 Å². The zero-order valence-corrected chi connectivity index (χ0v) is 14.0. The van der Waals surface area contributed by atoms with Crippen LogP contribution in [0.3, 0.4) is 0 Å². The number of methoxy groups -OCH3 is 1. The molecule has 5 heteroatoms. The van der Waals surface area contributed by atoms with Crippen LogP contribution in [-0.2, 0) is 22.6 Å². The first kappa shape index (κ1) is 16.8. The molecule has 2 aromatic carbocycles. The number of carbonyl (C=O) groups excluding carboxylic acids is 1. The fourth-order valence-corrected chi connectivity index (χ4v) is 2.38. The lowest BCUT2D eigenvalue weighted by Crippen LogP contribution is -2.06. The molecule has 0 amide bonds. The lowest BCUT2D eigenvalue weighted by molar-refractivity contribution is -0.145. The number of nitrogens with zero attached hydrogens (tertiary/aromatic N) is 1. The van der Waals surface area contributed by atoms with Crippen molar-refractivity contribution in [1.29, 1.82) is 0 Å². The molecule has 0 spiro atoms. The molecule has 0 N–H and O–H groups in total. The van der Waals surface area contributed by atoms with Crippen molar-refractivity contribution in [3.8, 4) is 17.1 Å². The van der Waals surface area contributed by atoms with Gasteiger partial charge in [-0.3, -0.25) is 4.79 Å². The Morgan fingerprint density at radius 1 is 1.08 bits per heavy atom. The summed E-state index contributed by atoms with van der Waals surface area (Å²) in [5.74, 6) is 1.19. The number of hydrogen-bond donors (Lipinski definition) is 0. The second kappa shape index (κ2) is 8.15. The Morgan fingerprint density at radius 3 is 2.56 bits per heavy atom. The van der Waals surface area contributed by atoms with Crippen molar-refractivity contribution in [1.82, 2.24) is 5.16 Å². The second-order valence-corrected chi connectivity index (χ2v) is 5.56. The van der Waals surface area contributed by atoms with Crippen molar-refractivity contribution >= 4 is 5.97 Å². The smallest absolute Gasteiger partial charge is 0.306 e. The number of benzene rings is 2. The van der Waals surface area contributed by atoms with Gasteiger partial charge in [0.2, 0.25) is 0 Å². The highest BCUT2D eigenvalue weighted by molar-refractivity contribution is 5.69. The molecule has 3 rings (SSSR count). The van der Waals surface area contributed by atoms with E-state index in [-0.39, 0.29) is 12.6 Å². The van der Waals surface area contributed by atoms with Crippen molar-refractivity contribution in [3.05, 3.63) is 71.9 Å². The van der Waals surface area contributed by atoms with Gasteiger partial charge in [-0.2, -0.15) is 0 Å². The van der Waals surface area contributed by atoms with E-state index in [1.165, 1.54) is 0 Å². The number of rotatable bonds is 7. The monoisotopic (exact) mass is 337 g/mol. The number of ether oxygens (including phenoxy) is 2. The first-order valence-electron chi connectivity index (χ1n) is 8.04. The molecule has 0 fully saturated rings. The van der Waals surface area contributed by atoms with E-state index in [1.807, 2.05) is 54.6 Å². The van der Waals surface area contributed by atoms with Crippen molar-refractivity contribution in [2.45, 2.75) is 19.4 Å². The highest BCUT2D eigenvalue weighted by Crippen LogP contribution is 2.20. The lowest BCUT2D eigenvalue weighted by Gasteiger charge is -2.04. The molecule has 0 aliphatic carbocycles. The van der Waals surface area contributed by atoms with E-state index in [4.69, 9.17) is 14.0 Å². The van der Waals surface area contributed by atoms with Gasteiger partial charge in [0, 0.05) is 18.1 Å². The number of carbonyl (C=O) groups is 1. The summed E-state index contributed by atoms with van der Waals surface area (Å²) in [6.07, 6.45) is 0.937. The molecule has 0 aliphatic rings. The highest BCUT2D eigenvalue weighted by atomic mass is 16.5. The van der Waals surface area contributed by atoms with E-state index >= 15 is 0 Å². The van der Waals surface area contributed by atoms with Gasteiger partial charge < -0.3 is 14.0 Å². The highest BCUT2D eigenvalue weighted by Gasteiger charge is 2.09.